The first kappa shape index (κ1) is 16.1. The van der Waals surface area contributed by atoms with Gasteiger partial charge in [0, 0.05) is 13.0 Å². The van der Waals surface area contributed by atoms with Gasteiger partial charge in [-0.25, -0.2) is 4.79 Å². The number of cyclic esters (lactones) is 1. The van der Waals surface area contributed by atoms with Gasteiger partial charge in [-0.05, 0) is 23.3 Å². The van der Waals surface area contributed by atoms with Crippen molar-refractivity contribution < 1.29 is 19.1 Å². The number of esters is 1. The van der Waals surface area contributed by atoms with Crippen molar-refractivity contribution >= 4 is 11.9 Å². The highest BCUT2D eigenvalue weighted by molar-refractivity contribution is 5.90. The predicted octanol–water partition coefficient (Wildman–Crippen LogP) is 2.19. The molecule has 24 heavy (non-hydrogen) atoms. The van der Waals surface area contributed by atoms with Crippen LogP contribution in [0.15, 0.2) is 54.6 Å². The largest absolute Gasteiger partial charge is 0.497 e. The van der Waals surface area contributed by atoms with E-state index >= 15 is 0 Å². The first-order valence-corrected chi connectivity index (χ1v) is 7.80. The third-order valence-corrected chi connectivity index (χ3v) is 4.09. The first-order chi connectivity index (χ1) is 11.7. The lowest BCUT2D eigenvalue weighted by Gasteiger charge is -2.34. The van der Waals surface area contributed by atoms with Crippen molar-refractivity contribution in [2.75, 3.05) is 13.7 Å². The molecule has 0 spiro atoms. The molecule has 1 fully saturated rings. The predicted molar refractivity (Wildman–Crippen MR) is 88.4 cm³/mol. The molecule has 2 aromatic rings. The van der Waals surface area contributed by atoms with Gasteiger partial charge in [-0.3, -0.25) is 4.79 Å². The Bertz CT molecular complexity index is 712. The number of carbonyl (C=O) groups excluding carboxylic acids is 2. The van der Waals surface area contributed by atoms with E-state index in [0.717, 1.165) is 16.9 Å². The third kappa shape index (κ3) is 3.56. The lowest BCUT2D eigenvalue weighted by molar-refractivity contribution is -0.169. The first-order valence-electron chi connectivity index (χ1n) is 7.80. The molecule has 1 unspecified atom stereocenters. The van der Waals surface area contributed by atoms with Crippen LogP contribution in [0.2, 0.25) is 0 Å². The number of nitrogens with zero attached hydrogens (tertiary/aromatic N) is 1. The zero-order valence-electron chi connectivity index (χ0n) is 13.5. The number of methoxy groups -OCH3 is 1. The summed E-state index contributed by atoms with van der Waals surface area (Å²) in [5, 5.41) is 0. The molecule has 1 amide bonds. The molecule has 0 bridgehead atoms. The lowest BCUT2D eigenvalue weighted by Crippen LogP contribution is -2.52. The molecule has 1 atom stereocenters. The van der Waals surface area contributed by atoms with Crippen LogP contribution >= 0.6 is 0 Å². The Balaban J connectivity index is 1.80. The van der Waals surface area contributed by atoms with E-state index in [1.807, 2.05) is 54.6 Å². The quantitative estimate of drug-likeness (QED) is 0.791. The standard InChI is InChI=1S/C19H19NO4/c1-23-16-9-7-15(8-10-16)12-20-17(19(22)24-13-18(20)21)11-14-5-3-2-4-6-14/h2-10,17H,11-13H2,1H3. The second-order valence-electron chi connectivity index (χ2n) is 5.68. The van der Waals surface area contributed by atoms with Crippen molar-refractivity contribution in [3.8, 4) is 5.75 Å². The smallest absolute Gasteiger partial charge is 0.329 e. The number of carbonyl (C=O) groups is 2. The average Bonchev–Trinajstić information content (AvgIpc) is 2.62. The molecule has 1 heterocycles. The molecule has 0 saturated carbocycles. The summed E-state index contributed by atoms with van der Waals surface area (Å²) in [5.74, 6) is 0.224. The molecule has 124 valence electrons. The molecule has 1 aliphatic rings. The summed E-state index contributed by atoms with van der Waals surface area (Å²) in [5.41, 5.74) is 1.94. The zero-order chi connectivity index (χ0) is 16.9. The Morgan fingerprint density at radius 2 is 1.75 bits per heavy atom. The number of ether oxygens (including phenoxy) is 2. The van der Waals surface area contributed by atoms with Gasteiger partial charge in [0.15, 0.2) is 6.61 Å². The van der Waals surface area contributed by atoms with Gasteiger partial charge in [0.25, 0.3) is 5.91 Å². The summed E-state index contributed by atoms with van der Waals surface area (Å²) < 4.78 is 10.2. The molecule has 0 N–H and O–H groups in total. The molecule has 5 nitrogen and oxygen atoms in total. The Hall–Kier alpha value is -2.82. The summed E-state index contributed by atoms with van der Waals surface area (Å²) >= 11 is 0. The van der Waals surface area contributed by atoms with E-state index in [1.165, 1.54) is 0 Å². The third-order valence-electron chi connectivity index (χ3n) is 4.09. The summed E-state index contributed by atoms with van der Waals surface area (Å²) in [7, 11) is 1.61. The second-order valence-corrected chi connectivity index (χ2v) is 5.68. The average molecular weight is 325 g/mol. The van der Waals surface area contributed by atoms with Crippen LogP contribution in [0, 0.1) is 0 Å². The van der Waals surface area contributed by atoms with Crippen LogP contribution < -0.4 is 4.74 Å². The molecule has 0 aliphatic carbocycles. The molecule has 0 radical (unpaired) electrons. The van der Waals surface area contributed by atoms with Gasteiger partial charge in [0.05, 0.1) is 7.11 Å². The minimum absolute atomic E-state index is 0.175. The monoisotopic (exact) mass is 325 g/mol. The highest BCUT2D eigenvalue weighted by Crippen LogP contribution is 2.20. The number of benzene rings is 2. The van der Waals surface area contributed by atoms with Crippen LogP contribution in [0.25, 0.3) is 0 Å². The van der Waals surface area contributed by atoms with E-state index in [1.54, 1.807) is 12.0 Å². The Morgan fingerprint density at radius 1 is 1.04 bits per heavy atom. The highest BCUT2D eigenvalue weighted by atomic mass is 16.5. The fourth-order valence-corrected chi connectivity index (χ4v) is 2.77. The topological polar surface area (TPSA) is 55.8 Å². The van der Waals surface area contributed by atoms with E-state index < -0.39 is 6.04 Å². The number of hydrogen-bond donors (Lipinski definition) is 0. The van der Waals surface area contributed by atoms with Crippen molar-refractivity contribution in [2.24, 2.45) is 0 Å². The van der Waals surface area contributed by atoms with Gasteiger partial charge in [0.1, 0.15) is 11.8 Å². The minimum atomic E-state index is -0.601. The van der Waals surface area contributed by atoms with E-state index in [0.29, 0.717) is 13.0 Å². The van der Waals surface area contributed by atoms with Crippen LogP contribution in [0.3, 0.4) is 0 Å². The van der Waals surface area contributed by atoms with Crippen molar-refractivity contribution in [2.45, 2.75) is 19.0 Å². The SMILES string of the molecule is COc1ccc(CN2C(=O)COC(=O)C2Cc2ccccc2)cc1. The Kier molecular flexibility index (Phi) is 4.79. The van der Waals surface area contributed by atoms with Crippen LogP contribution in [0.5, 0.6) is 5.75 Å². The van der Waals surface area contributed by atoms with E-state index in [4.69, 9.17) is 9.47 Å². The Labute approximate surface area is 140 Å². The van der Waals surface area contributed by atoms with Gasteiger partial charge >= 0.3 is 5.97 Å². The summed E-state index contributed by atoms with van der Waals surface area (Å²) in [6.07, 6.45) is 0.446. The zero-order valence-corrected chi connectivity index (χ0v) is 13.5. The van der Waals surface area contributed by atoms with Crippen molar-refractivity contribution in [3.05, 3.63) is 65.7 Å². The van der Waals surface area contributed by atoms with Crippen LogP contribution in [-0.4, -0.2) is 36.5 Å². The van der Waals surface area contributed by atoms with Crippen molar-refractivity contribution in [3.63, 3.8) is 0 Å². The number of rotatable bonds is 5. The Morgan fingerprint density at radius 3 is 2.42 bits per heavy atom. The molecule has 2 aromatic carbocycles. The van der Waals surface area contributed by atoms with Crippen LogP contribution in [0.4, 0.5) is 0 Å². The number of amides is 1. The fourth-order valence-electron chi connectivity index (χ4n) is 2.77. The summed E-state index contributed by atoms with van der Waals surface area (Å²) in [4.78, 5) is 26.1. The van der Waals surface area contributed by atoms with Gasteiger partial charge in [-0.15, -0.1) is 0 Å². The van der Waals surface area contributed by atoms with Gasteiger partial charge in [-0.1, -0.05) is 42.5 Å². The number of morpholine rings is 1. The maximum atomic E-state index is 12.3. The van der Waals surface area contributed by atoms with Crippen molar-refractivity contribution in [1.82, 2.24) is 4.90 Å². The van der Waals surface area contributed by atoms with Gasteiger partial charge < -0.3 is 14.4 Å². The number of hydrogen-bond acceptors (Lipinski definition) is 4. The summed E-state index contributed by atoms with van der Waals surface area (Å²) in [6, 6.07) is 16.5. The lowest BCUT2D eigenvalue weighted by atomic mass is 10.0. The van der Waals surface area contributed by atoms with E-state index in [9.17, 15) is 9.59 Å². The maximum absolute atomic E-state index is 12.3. The molecule has 0 aromatic heterocycles. The highest BCUT2D eigenvalue weighted by Gasteiger charge is 2.36. The molecular weight excluding hydrogens is 306 g/mol. The van der Waals surface area contributed by atoms with Gasteiger partial charge in [-0.2, -0.15) is 0 Å². The maximum Gasteiger partial charge on any atom is 0.329 e. The van der Waals surface area contributed by atoms with Gasteiger partial charge in [0.2, 0.25) is 0 Å². The molecular formula is C19H19NO4. The minimum Gasteiger partial charge on any atom is -0.497 e. The summed E-state index contributed by atoms with van der Waals surface area (Å²) in [6.45, 7) is 0.176. The normalized spacial score (nSPS) is 17.5. The van der Waals surface area contributed by atoms with Crippen LogP contribution in [-0.2, 0) is 27.3 Å². The van der Waals surface area contributed by atoms with E-state index in [2.05, 4.69) is 0 Å². The molecule has 1 aliphatic heterocycles. The van der Waals surface area contributed by atoms with Crippen molar-refractivity contribution in [1.29, 1.82) is 0 Å². The molecule has 5 heteroatoms. The molecule has 1 saturated heterocycles. The fraction of sp³-hybridized carbons (Fsp3) is 0.263. The van der Waals surface area contributed by atoms with E-state index in [-0.39, 0.29) is 18.5 Å². The van der Waals surface area contributed by atoms with Crippen LogP contribution in [0.1, 0.15) is 11.1 Å². The molecule has 3 rings (SSSR count). The second kappa shape index (κ2) is 7.17.